The van der Waals surface area contributed by atoms with E-state index in [0.717, 1.165) is 13.1 Å². The monoisotopic (exact) mass is 327 g/mol. The lowest BCUT2D eigenvalue weighted by molar-refractivity contribution is 0.137. The fraction of sp³-hybridized carbons (Fsp3) is 0.643. The minimum Gasteiger partial charge on any atom is -0.395 e. The maximum absolute atomic E-state index is 13.2. The zero-order valence-corrected chi connectivity index (χ0v) is 12.8. The summed E-state index contributed by atoms with van der Waals surface area (Å²) in [5, 5.41) is 12.9. The molecule has 0 unspecified atom stereocenters. The number of nitrogens with one attached hydrogen (secondary N) is 1. The number of aromatic amines is 1. The average Bonchev–Trinajstić information content (AvgIpc) is 2.88. The Morgan fingerprint density at radius 3 is 2.70 bits per heavy atom. The van der Waals surface area contributed by atoms with Gasteiger partial charge >= 0.3 is 0 Å². The lowest BCUT2D eigenvalue weighted by Gasteiger charge is -2.31. The van der Waals surface area contributed by atoms with E-state index < -0.39 is 17.7 Å². The molecule has 3 rings (SSSR count). The molecule has 0 bridgehead atoms. The fourth-order valence-corrected chi connectivity index (χ4v) is 3.12. The highest BCUT2D eigenvalue weighted by Crippen LogP contribution is 2.29. The van der Waals surface area contributed by atoms with Crippen molar-refractivity contribution in [1.29, 1.82) is 0 Å². The first-order chi connectivity index (χ1) is 11.0. The Bertz CT molecular complexity index is 749. The lowest BCUT2D eigenvalue weighted by Crippen LogP contribution is -2.36. The normalized spacial score (nSPS) is 17.4. The van der Waals surface area contributed by atoms with Crippen LogP contribution in [0, 0.1) is 6.92 Å². The van der Waals surface area contributed by atoms with E-state index >= 15 is 0 Å². The molecule has 1 fully saturated rings. The Morgan fingerprint density at radius 1 is 1.39 bits per heavy atom. The van der Waals surface area contributed by atoms with Gasteiger partial charge in [0.1, 0.15) is 16.9 Å². The molecule has 23 heavy (non-hydrogen) atoms. The van der Waals surface area contributed by atoms with Crippen molar-refractivity contribution < 1.29 is 13.9 Å². The largest absolute Gasteiger partial charge is 0.395 e. The van der Waals surface area contributed by atoms with Crippen LogP contribution in [0.15, 0.2) is 4.79 Å². The first-order valence-electron chi connectivity index (χ1n) is 7.61. The molecule has 2 aromatic heterocycles. The van der Waals surface area contributed by atoms with Crippen molar-refractivity contribution in [3.8, 4) is 0 Å². The molecule has 1 aliphatic heterocycles. The van der Waals surface area contributed by atoms with Crippen molar-refractivity contribution in [2.24, 2.45) is 0 Å². The third-order valence-corrected chi connectivity index (χ3v) is 4.23. The predicted octanol–water partition coefficient (Wildman–Crippen LogP) is 0.995. The van der Waals surface area contributed by atoms with Crippen molar-refractivity contribution in [2.45, 2.75) is 32.2 Å². The number of β-amino-alcohol motifs (C(OH)–C–C–N with tert-alkyl or cyclic N) is 1. The average molecular weight is 327 g/mol. The molecule has 7 nitrogen and oxygen atoms in total. The minimum atomic E-state index is -2.82. The summed E-state index contributed by atoms with van der Waals surface area (Å²) in [6.07, 6.45) is -1.39. The topological polar surface area (TPSA) is 87.0 Å². The number of piperidine rings is 1. The Morgan fingerprint density at radius 2 is 2.09 bits per heavy atom. The third kappa shape index (κ3) is 2.98. The number of aliphatic hydroxyl groups is 1. The number of H-pyrrole nitrogens is 1. The number of nitrogens with zero attached hydrogens (tertiary/aromatic N) is 4. The van der Waals surface area contributed by atoms with Gasteiger partial charge in [0.05, 0.1) is 12.6 Å². The standard InChI is InChI=1S/C14H19F2N5O2/c1-8-17-13-10(14(23)18-8)11(12(15)16)19-21(13)9-2-4-20(5-3-9)6-7-22/h9,12,22H,2-7H2,1H3,(H,17,18,23). The zero-order chi connectivity index (χ0) is 16.6. The van der Waals surface area contributed by atoms with Gasteiger partial charge in [-0.3, -0.25) is 4.79 Å². The fourth-order valence-electron chi connectivity index (χ4n) is 3.12. The minimum absolute atomic E-state index is 0.0753. The number of aryl methyl sites for hydroxylation is 1. The quantitative estimate of drug-likeness (QED) is 0.875. The highest BCUT2D eigenvalue weighted by Gasteiger charge is 2.28. The summed E-state index contributed by atoms with van der Waals surface area (Å²) in [6.45, 7) is 3.81. The van der Waals surface area contributed by atoms with E-state index in [2.05, 4.69) is 20.0 Å². The van der Waals surface area contributed by atoms with Crippen LogP contribution in [0.2, 0.25) is 0 Å². The number of aromatic nitrogens is 4. The Labute approximate surface area is 130 Å². The second kappa shape index (κ2) is 6.32. The second-order valence-electron chi connectivity index (χ2n) is 5.78. The van der Waals surface area contributed by atoms with Gasteiger partial charge in [-0.25, -0.2) is 18.4 Å². The summed E-state index contributed by atoms with van der Waals surface area (Å²) in [6, 6.07) is -0.0753. The van der Waals surface area contributed by atoms with Crippen LogP contribution < -0.4 is 5.56 Å². The Balaban J connectivity index is 2.00. The summed E-state index contributed by atoms with van der Waals surface area (Å²) in [5.74, 6) is 0.377. The van der Waals surface area contributed by atoms with Crippen LogP contribution >= 0.6 is 0 Å². The SMILES string of the molecule is Cc1nc2c(c(C(F)F)nn2C2CCN(CCO)CC2)c(=O)[nH]1. The second-order valence-corrected chi connectivity index (χ2v) is 5.78. The molecule has 2 N–H and O–H groups in total. The molecule has 0 amide bonds. The highest BCUT2D eigenvalue weighted by atomic mass is 19.3. The molecule has 126 valence electrons. The first-order valence-corrected chi connectivity index (χ1v) is 7.61. The van der Waals surface area contributed by atoms with Gasteiger partial charge in [0, 0.05) is 19.6 Å². The van der Waals surface area contributed by atoms with Crippen LogP contribution in [-0.4, -0.2) is 56.0 Å². The molecular weight excluding hydrogens is 308 g/mol. The summed E-state index contributed by atoms with van der Waals surface area (Å²) < 4.78 is 27.9. The Hall–Kier alpha value is -1.87. The van der Waals surface area contributed by atoms with E-state index in [-0.39, 0.29) is 23.7 Å². The van der Waals surface area contributed by atoms with Crippen LogP contribution in [0.1, 0.15) is 36.8 Å². The van der Waals surface area contributed by atoms with E-state index in [1.165, 1.54) is 4.68 Å². The van der Waals surface area contributed by atoms with Gasteiger partial charge in [0.25, 0.3) is 12.0 Å². The van der Waals surface area contributed by atoms with E-state index in [1.807, 2.05) is 0 Å². The number of rotatable bonds is 4. The van der Waals surface area contributed by atoms with Crippen molar-refractivity contribution >= 4 is 11.0 Å². The molecule has 0 radical (unpaired) electrons. The molecule has 0 atom stereocenters. The third-order valence-electron chi connectivity index (χ3n) is 4.23. The van der Waals surface area contributed by atoms with Gasteiger partial charge in [0.15, 0.2) is 5.65 Å². The van der Waals surface area contributed by atoms with Gasteiger partial charge in [-0.1, -0.05) is 0 Å². The van der Waals surface area contributed by atoms with Crippen molar-refractivity contribution in [3.05, 3.63) is 21.9 Å². The lowest BCUT2D eigenvalue weighted by atomic mass is 10.1. The van der Waals surface area contributed by atoms with Gasteiger partial charge in [-0.2, -0.15) is 5.10 Å². The number of aliphatic hydroxyl groups excluding tert-OH is 1. The highest BCUT2D eigenvalue weighted by molar-refractivity contribution is 5.77. The van der Waals surface area contributed by atoms with Gasteiger partial charge in [-0.05, 0) is 19.8 Å². The number of halogens is 2. The summed E-state index contributed by atoms with van der Waals surface area (Å²) in [7, 11) is 0. The Kier molecular flexibility index (Phi) is 4.40. The van der Waals surface area contributed by atoms with E-state index in [1.54, 1.807) is 6.92 Å². The number of fused-ring (bicyclic) bond motifs is 1. The van der Waals surface area contributed by atoms with Crippen molar-refractivity contribution in [3.63, 3.8) is 0 Å². The molecule has 0 spiro atoms. The zero-order valence-electron chi connectivity index (χ0n) is 12.8. The van der Waals surface area contributed by atoms with Crippen LogP contribution in [0.25, 0.3) is 11.0 Å². The summed E-state index contributed by atoms with van der Waals surface area (Å²) in [5.41, 5.74) is -0.861. The molecule has 1 saturated heterocycles. The maximum Gasteiger partial charge on any atom is 0.283 e. The molecule has 0 saturated carbocycles. The van der Waals surface area contributed by atoms with Crippen LogP contribution in [0.5, 0.6) is 0 Å². The summed E-state index contributed by atoms with van der Waals surface area (Å²) >= 11 is 0. The number of likely N-dealkylation sites (tertiary alicyclic amines) is 1. The van der Waals surface area contributed by atoms with E-state index in [9.17, 15) is 13.6 Å². The maximum atomic E-state index is 13.2. The van der Waals surface area contributed by atoms with Gasteiger partial charge < -0.3 is 15.0 Å². The van der Waals surface area contributed by atoms with Crippen LogP contribution in [0.3, 0.4) is 0 Å². The van der Waals surface area contributed by atoms with Crippen LogP contribution in [0.4, 0.5) is 8.78 Å². The van der Waals surface area contributed by atoms with E-state index in [4.69, 9.17) is 5.11 Å². The predicted molar refractivity (Wildman–Crippen MR) is 79.6 cm³/mol. The number of hydrogen-bond acceptors (Lipinski definition) is 5. The van der Waals surface area contributed by atoms with Gasteiger partial charge in [0.2, 0.25) is 0 Å². The number of hydrogen-bond donors (Lipinski definition) is 2. The van der Waals surface area contributed by atoms with Crippen LogP contribution in [-0.2, 0) is 0 Å². The molecule has 1 aliphatic rings. The van der Waals surface area contributed by atoms with Gasteiger partial charge in [-0.15, -0.1) is 0 Å². The number of alkyl halides is 2. The molecule has 9 heteroatoms. The first kappa shape index (κ1) is 16.0. The van der Waals surface area contributed by atoms with E-state index in [0.29, 0.717) is 25.2 Å². The van der Waals surface area contributed by atoms with Crippen molar-refractivity contribution in [1.82, 2.24) is 24.6 Å². The molecule has 3 heterocycles. The summed E-state index contributed by atoms with van der Waals surface area (Å²) in [4.78, 5) is 20.8. The molecular formula is C14H19F2N5O2. The van der Waals surface area contributed by atoms with Crippen molar-refractivity contribution in [2.75, 3.05) is 26.2 Å². The molecule has 0 aromatic carbocycles. The smallest absolute Gasteiger partial charge is 0.283 e. The molecule has 2 aromatic rings. The molecule has 0 aliphatic carbocycles.